The van der Waals surface area contributed by atoms with Gasteiger partial charge in [0.15, 0.2) is 11.5 Å². The van der Waals surface area contributed by atoms with Gasteiger partial charge in [0.25, 0.3) is 11.8 Å². The summed E-state index contributed by atoms with van der Waals surface area (Å²) in [6, 6.07) is 21.8. The Balaban J connectivity index is 1.58. The lowest BCUT2D eigenvalue weighted by Gasteiger charge is -2.15. The molecule has 3 aromatic rings. The second kappa shape index (κ2) is 7.08. The summed E-state index contributed by atoms with van der Waals surface area (Å²) in [7, 11) is 0. The Kier molecular flexibility index (Phi) is 4.25. The summed E-state index contributed by atoms with van der Waals surface area (Å²) >= 11 is 0. The number of aryl methyl sites for hydroxylation is 1. The lowest BCUT2D eigenvalue weighted by atomic mass is 10.0. The van der Waals surface area contributed by atoms with Gasteiger partial charge in [-0.15, -0.1) is 0 Å². The minimum atomic E-state index is -0.402. The SMILES string of the molecule is Cc1ccc(N2C(=O)C(Nc3ccc4c(c3)OCO4)=C(c3ccccc3)C2=O)cc1. The maximum atomic E-state index is 13.4. The van der Waals surface area contributed by atoms with Crippen LogP contribution in [0.2, 0.25) is 0 Å². The van der Waals surface area contributed by atoms with Gasteiger partial charge in [-0.2, -0.15) is 0 Å². The highest BCUT2D eigenvalue weighted by Gasteiger charge is 2.40. The number of benzene rings is 3. The van der Waals surface area contributed by atoms with E-state index in [9.17, 15) is 9.59 Å². The molecule has 3 aromatic carbocycles. The average molecular weight is 398 g/mol. The van der Waals surface area contributed by atoms with E-state index >= 15 is 0 Å². The van der Waals surface area contributed by atoms with E-state index in [1.54, 1.807) is 30.3 Å². The molecule has 0 saturated heterocycles. The van der Waals surface area contributed by atoms with Crippen LogP contribution < -0.4 is 19.7 Å². The van der Waals surface area contributed by atoms with E-state index in [0.29, 0.717) is 34.0 Å². The van der Waals surface area contributed by atoms with E-state index in [0.717, 1.165) is 5.56 Å². The van der Waals surface area contributed by atoms with Crippen molar-refractivity contribution in [3.8, 4) is 11.5 Å². The molecule has 2 aliphatic heterocycles. The van der Waals surface area contributed by atoms with Crippen molar-refractivity contribution in [2.75, 3.05) is 17.0 Å². The van der Waals surface area contributed by atoms with Gasteiger partial charge in [0.2, 0.25) is 6.79 Å². The van der Waals surface area contributed by atoms with Crippen molar-refractivity contribution in [2.24, 2.45) is 0 Å². The quantitative estimate of drug-likeness (QED) is 0.670. The normalized spacial score (nSPS) is 15.2. The molecule has 2 aliphatic rings. The molecule has 6 heteroatoms. The standard InChI is InChI=1S/C24H18N2O4/c1-15-7-10-18(11-8-15)26-23(27)21(16-5-3-2-4-6-16)22(24(26)28)25-17-9-12-19-20(13-17)30-14-29-19/h2-13,25H,14H2,1H3. The van der Waals surface area contributed by atoms with E-state index < -0.39 is 5.91 Å². The summed E-state index contributed by atoms with van der Waals surface area (Å²) < 4.78 is 10.8. The van der Waals surface area contributed by atoms with Gasteiger partial charge in [-0.25, -0.2) is 4.90 Å². The number of rotatable bonds is 4. The number of hydrogen-bond acceptors (Lipinski definition) is 5. The molecule has 0 aromatic heterocycles. The maximum Gasteiger partial charge on any atom is 0.282 e. The molecule has 6 nitrogen and oxygen atoms in total. The number of nitrogens with zero attached hydrogens (tertiary/aromatic N) is 1. The molecule has 0 aliphatic carbocycles. The molecule has 0 atom stereocenters. The van der Waals surface area contributed by atoms with Gasteiger partial charge < -0.3 is 14.8 Å². The van der Waals surface area contributed by atoms with Crippen molar-refractivity contribution in [1.29, 1.82) is 0 Å². The lowest BCUT2D eigenvalue weighted by molar-refractivity contribution is -0.120. The van der Waals surface area contributed by atoms with Crippen LogP contribution in [-0.4, -0.2) is 18.6 Å². The molecule has 0 radical (unpaired) electrons. The predicted molar refractivity (Wildman–Crippen MR) is 113 cm³/mol. The van der Waals surface area contributed by atoms with E-state index in [1.807, 2.05) is 49.4 Å². The molecular weight excluding hydrogens is 380 g/mol. The third-order valence-corrected chi connectivity index (χ3v) is 5.08. The summed E-state index contributed by atoms with van der Waals surface area (Å²) in [5.41, 5.74) is 3.45. The molecule has 30 heavy (non-hydrogen) atoms. The maximum absolute atomic E-state index is 13.4. The van der Waals surface area contributed by atoms with Crippen molar-refractivity contribution in [1.82, 2.24) is 0 Å². The molecule has 2 amide bonds. The Morgan fingerprint density at radius 2 is 1.57 bits per heavy atom. The third-order valence-electron chi connectivity index (χ3n) is 5.08. The summed E-state index contributed by atoms with van der Waals surface area (Å²) in [5.74, 6) is 0.473. The molecule has 148 valence electrons. The van der Waals surface area contributed by atoms with Crippen molar-refractivity contribution >= 4 is 28.8 Å². The fourth-order valence-electron chi connectivity index (χ4n) is 3.57. The zero-order chi connectivity index (χ0) is 20.7. The highest BCUT2D eigenvalue weighted by molar-refractivity contribution is 6.46. The molecule has 1 N–H and O–H groups in total. The highest BCUT2D eigenvalue weighted by Crippen LogP contribution is 2.37. The van der Waals surface area contributed by atoms with Crippen LogP contribution in [0.3, 0.4) is 0 Å². The Hall–Kier alpha value is -4.06. The van der Waals surface area contributed by atoms with Gasteiger partial charge in [-0.3, -0.25) is 9.59 Å². The molecule has 0 bridgehead atoms. The molecule has 0 unspecified atom stereocenters. The first-order chi connectivity index (χ1) is 14.6. The Morgan fingerprint density at radius 3 is 2.33 bits per heavy atom. The number of amides is 2. The minimum Gasteiger partial charge on any atom is -0.454 e. The average Bonchev–Trinajstić information content (AvgIpc) is 3.32. The lowest BCUT2D eigenvalue weighted by Crippen LogP contribution is -2.32. The summed E-state index contributed by atoms with van der Waals surface area (Å²) in [6.45, 7) is 2.12. The zero-order valence-corrected chi connectivity index (χ0v) is 16.2. The van der Waals surface area contributed by atoms with Crippen molar-refractivity contribution in [3.63, 3.8) is 0 Å². The second-order valence-electron chi connectivity index (χ2n) is 7.09. The van der Waals surface area contributed by atoms with Gasteiger partial charge in [-0.05, 0) is 36.8 Å². The van der Waals surface area contributed by atoms with Gasteiger partial charge in [0, 0.05) is 11.8 Å². The van der Waals surface area contributed by atoms with Crippen LogP contribution in [0.25, 0.3) is 5.57 Å². The van der Waals surface area contributed by atoms with Gasteiger partial charge in [0.05, 0.1) is 11.3 Å². The topological polar surface area (TPSA) is 67.9 Å². The number of imide groups is 1. The van der Waals surface area contributed by atoms with Gasteiger partial charge in [0.1, 0.15) is 5.70 Å². The summed E-state index contributed by atoms with van der Waals surface area (Å²) in [5, 5.41) is 3.14. The smallest absolute Gasteiger partial charge is 0.282 e. The van der Waals surface area contributed by atoms with Crippen LogP contribution in [0.1, 0.15) is 11.1 Å². The van der Waals surface area contributed by atoms with E-state index in [2.05, 4.69) is 5.32 Å². The van der Waals surface area contributed by atoms with Crippen LogP contribution in [0.5, 0.6) is 11.5 Å². The fourth-order valence-corrected chi connectivity index (χ4v) is 3.57. The van der Waals surface area contributed by atoms with Crippen LogP contribution in [0.4, 0.5) is 11.4 Å². The number of anilines is 2. The van der Waals surface area contributed by atoms with Gasteiger partial charge in [-0.1, -0.05) is 48.0 Å². The number of carbonyl (C=O) groups is 2. The first kappa shape index (κ1) is 18.0. The number of hydrogen-bond donors (Lipinski definition) is 1. The number of carbonyl (C=O) groups excluding carboxylic acids is 2. The van der Waals surface area contributed by atoms with Gasteiger partial charge >= 0.3 is 0 Å². The van der Waals surface area contributed by atoms with Crippen molar-refractivity contribution in [3.05, 3.63) is 89.6 Å². The van der Waals surface area contributed by atoms with Crippen LogP contribution in [0.15, 0.2) is 78.5 Å². The number of nitrogens with one attached hydrogen (secondary N) is 1. The second-order valence-corrected chi connectivity index (χ2v) is 7.09. The monoisotopic (exact) mass is 398 g/mol. The zero-order valence-electron chi connectivity index (χ0n) is 16.2. The molecular formula is C24H18N2O4. The van der Waals surface area contributed by atoms with Crippen molar-refractivity contribution < 1.29 is 19.1 Å². The molecule has 2 heterocycles. The molecule has 0 fully saturated rings. The van der Waals surface area contributed by atoms with Crippen molar-refractivity contribution in [2.45, 2.75) is 6.92 Å². The minimum absolute atomic E-state index is 0.162. The first-order valence-electron chi connectivity index (χ1n) is 9.53. The Labute approximate surface area is 173 Å². The van der Waals surface area contributed by atoms with E-state index in [4.69, 9.17) is 9.47 Å². The largest absolute Gasteiger partial charge is 0.454 e. The van der Waals surface area contributed by atoms with E-state index in [-0.39, 0.29) is 18.4 Å². The van der Waals surface area contributed by atoms with Crippen LogP contribution in [0, 0.1) is 6.92 Å². The Bertz CT molecular complexity index is 1180. The first-order valence-corrected chi connectivity index (χ1v) is 9.53. The molecule has 0 spiro atoms. The molecule has 0 saturated carbocycles. The number of fused-ring (bicyclic) bond motifs is 1. The summed E-state index contributed by atoms with van der Waals surface area (Å²) in [4.78, 5) is 27.9. The summed E-state index contributed by atoms with van der Waals surface area (Å²) in [6.07, 6.45) is 0. The van der Waals surface area contributed by atoms with Crippen LogP contribution in [-0.2, 0) is 9.59 Å². The van der Waals surface area contributed by atoms with Crippen LogP contribution >= 0.6 is 0 Å². The predicted octanol–water partition coefficient (Wildman–Crippen LogP) is 4.12. The third kappa shape index (κ3) is 2.99. The van der Waals surface area contributed by atoms with E-state index in [1.165, 1.54) is 4.90 Å². The Morgan fingerprint density at radius 1 is 0.833 bits per heavy atom. The molecule has 5 rings (SSSR count). The highest BCUT2D eigenvalue weighted by atomic mass is 16.7. The fraction of sp³-hybridized carbons (Fsp3) is 0.0833. The number of ether oxygens (including phenoxy) is 2.